The molecule has 0 saturated heterocycles. The van der Waals surface area contributed by atoms with Gasteiger partial charge in [-0.25, -0.2) is 0 Å². The predicted molar refractivity (Wildman–Crippen MR) is 117 cm³/mol. The normalized spacial score (nSPS) is 12.8. The van der Waals surface area contributed by atoms with E-state index < -0.39 is 0 Å². The first kappa shape index (κ1) is 23.6. The summed E-state index contributed by atoms with van der Waals surface area (Å²) >= 11 is 3.60. The highest BCUT2D eigenvalue weighted by Gasteiger charge is 2.11. The molecule has 154 valence electrons. The van der Waals surface area contributed by atoms with Crippen LogP contribution in [0.15, 0.2) is 21.6 Å². The number of hydrogen-bond donors (Lipinski definition) is 2. The molecule has 27 heavy (non-hydrogen) atoms. The highest BCUT2D eigenvalue weighted by Crippen LogP contribution is 2.33. The lowest BCUT2D eigenvalue weighted by molar-refractivity contribution is 0.292. The number of ether oxygens (including phenoxy) is 2. The van der Waals surface area contributed by atoms with Crippen molar-refractivity contribution in [1.29, 1.82) is 0 Å². The summed E-state index contributed by atoms with van der Waals surface area (Å²) in [6, 6.07) is 4.25. The molecule has 1 aromatic carbocycles. The first-order valence-electron chi connectivity index (χ1n) is 9.58. The predicted octanol–water partition coefficient (Wildman–Crippen LogP) is 3.64. The van der Waals surface area contributed by atoms with Crippen LogP contribution < -0.4 is 20.1 Å². The van der Waals surface area contributed by atoms with E-state index in [-0.39, 0.29) is 0 Å². The van der Waals surface area contributed by atoms with Gasteiger partial charge in [-0.15, -0.1) is 0 Å². The maximum absolute atomic E-state index is 5.39. The number of nitrogens with one attached hydrogen (secondary N) is 2. The Morgan fingerprint density at radius 2 is 1.81 bits per heavy atom. The van der Waals surface area contributed by atoms with Crippen molar-refractivity contribution in [2.75, 3.05) is 40.9 Å². The fourth-order valence-corrected chi connectivity index (χ4v) is 3.33. The number of hydrogen-bond acceptors (Lipinski definition) is 4. The lowest BCUT2D eigenvalue weighted by Gasteiger charge is -2.21. The maximum atomic E-state index is 5.39. The smallest absolute Gasteiger partial charge is 0.191 e. The Bertz CT molecular complexity index is 592. The van der Waals surface area contributed by atoms with Gasteiger partial charge in [0.2, 0.25) is 0 Å². The van der Waals surface area contributed by atoms with Crippen molar-refractivity contribution in [2.24, 2.45) is 4.99 Å². The third kappa shape index (κ3) is 7.97. The molecule has 0 aliphatic heterocycles. The van der Waals surface area contributed by atoms with Gasteiger partial charge in [-0.1, -0.05) is 29.8 Å². The average molecular weight is 443 g/mol. The van der Waals surface area contributed by atoms with Crippen LogP contribution >= 0.6 is 15.9 Å². The zero-order valence-electron chi connectivity index (χ0n) is 17.6. The molecule has 0 heterocycles. The van der Waals surface area contributed by atoms with Crippen molar-refractivity contribution in [3.8, 4) is 11.5 Å². The molecular weight excluding hydrogens is 408 g/mol. The van der Waals surface area contributed by atoms with Gasteiger partial charge in [-0.05, 0) is 57.1 Å². The molecule has 0 aliphatic carbocycles. The molecule has 0 radical (unpaired) electrons. The number of nitrogens with zero attached hydrogens (tertiary/aromatic N) is 2. The SMILES string of the molecule is CCN(CC)CCCC(C)NC(=NC)NCc1cc(OC)c(OC)cc1Br. The van der Waals surface area contributed by atoms with Crippen LogP contribution in [0.5, 0.6) is 11.5 Å². The molecule has 7 heteroatoms. The molecule has 6 nitrogen and oxygen atoms in total. The first-order chi connectivity index (χ1) is 13.0. The van der Waals surface area contributed by atoms with E-state index >= 15 is 0 Å². The summed E-state index contributed by atoms with van der Waals surface area (Å²) in [5.41, 5.74) is 1.07. The summed E-state index contributed by atoms with van der Waals surface area (Å²) in [5, 5.41) is 6.84. The minimum absolute atomic E-state index is 0.362. The topological polar surface area (TPSA) is 58.1 Å². The second-order valence-corrected chi connectivity index (χ2v) is 7.29. The highest BCUT2D eigenvalue weighted by molar-refractivity contribution is 9.10. The van der Waals surface area contributed by atoms with Crippen molar-refractivity contribution in [3.63, 3.8) is 0 Å². The van der Waals surface area contributed by atoms with Crippen LogP contribution in [0.1, 0.15) is 39.2 Å². The maximum Gasteiger partial charge on any atom is 0.191 e. The van der Waals surface area contributed by atoms with Crippen molar-refractivity contribution in [1.82, 2.24) is 15.5 Å². The lowest BCUT2D eigenvalue weighted by atomic mass is 10.1. The minimum atomic E-state index is 0.362. The molecule has 0 saturated carbocycles. The molecule has 1 unspecified atom stereocenters. The molecule has 1 atom stereocenters. The van der Waals surface area contributed by atoms with Crippen molar-refractivity contribution in [2.45, 2.75) is 46.2 Å². The van der Waals surface area contributed by atoms with Crippen LogP contribution in [-0.4, -0.2) is 57.8 Å². The zero-order chi connectivity index (χ0) is 20.2. The van der Waals surface area contributed by atoms with Crippen LogP contribution in [0.2, 0.25) is 0 Å². The van der Waals surface area contributed by atoms with E-state index in [0.717, 1.165) is 42.1 Å². The molecule has 1 aromatic rings. The Hall–Kier alpha value is -1.47. The van der Waals surface area contributed by atoms with Crippen LogP contribution in [-0.2, 0) is 6.54 Å². The number of rotatable bonds is 11. The lowest BCUT2D eigenvalue weighted by Crippen LogP contribution is -2.42. The standard InChI is InChI=1S/C20H35BrN4O2/c1-7-25(8-2)11-9-10-15(3)24-20(22-4)23-14-16-12-18(26-5)19(27-6)13-17(16)21/h12-13,15H,7-11,14H2,1-6H3,(H2,22,23,24). The Morgan fingerprint density at radius 3 is 2.37 bits per heavy atom. The molecule has 0 fully saturated rings. The van der Waals surface area contributed by atoms with Crippen molar-refractivity contribution >= 4 is 21.9 Å². The summed E-state index contributed by atoms with van der Waals surface area (Å²) in [5.74, 6) is 2.22. The van der Waals surface area contributed by atoms with E-state index in [1.54, 1.807) is 21.3 Å². The summed E-state index contributed by atoms with van der Waals surface area (Å²) in [6.45, 7) is 10.6. The molecule has 1 rings (SSSR count). The van der Waals surface area contributed by atoms with Crippen LogP contribution in [0.3, 0.4) is 0 Å². The van der Waals surface area contributed by atoms with Gasteiger partial charge in [-0.2, -0.15) is 0 Å². The quantitative estimate of drug-likeness (QED) is 0.404. The summed E-state index contributed by atoms with van der Waals surface area (Å²) in [7, 11) is 5.07. The van der Waals surface area contributed by atoms with E-state index in [0.29, 0.717) is 24.1 Å². The van der Waals surface area contributed by atoms with E-state index in [1.807, 2.05) is 12.1 Å². The average Bonchev–Trinajstić information content (AvgIpc) is 2.68. The Kier molecular flexibility index (Phi) is 11.2. The van der Waals surface area contributed by atoms with Crippen LogP contribution in [0.4, 0.5) is 0 Å². The minimum Gasteiger partial charge on any atom is -0.493 e. The number of methoxy groups -OCH3 is 2. The molecule has 0 bridgehead atoms. The molecule has 2 N–H and O–H groups in total. The number of guanidine groups is 1. The fraction of sp³-hybridized carbons (Fsp3) is 0.650. The van der Waals surface area contributed by atoms with Gasteiger partial charge in [0.05, 0.1) is 14.2 Å². The van der Waals surface area contributed by atoms with Crippen molar-refractivity contribution < 1.29 is 9.47 Å². The number of benzene rings is 1. The summed E-state index contributed by atoms with van der Waals surface area (Å²) in [4.78, 5) is 6.79. The summed E-state index contributed by atoms with van der Waals surface area (Å²) in [6.07, 6.45) is 2.28. The van der Waals surface area contributed by atoms with Gasteiger partial charge in [0.1, 0.15) is 0 Å². The molecular formula is C20H35BrN4O2. The molecule has 0 aromatic heterocycles. The third-order valence-corrected chi connectivity index (χ3v) is 5.35. The van der Waals surface area contributed by atoms with Crippen molar-refractivity contribution in [3.05, 3.63) is 22.2 Å². The first-order valence-corrected chi connectivity index (χ1v) is 10.4. The third-order valence-electron chi connectivity index (χ3n) is 4.61. The number of aliphatic imine (C=N–C) groups is 1. The molecule has 0 spiro atoms. The second kappa shape index (κ2) is 12.8. The second-order valence-electron chi connectivity index (χ2n) is 6.44. The van der Waals surface area contributed by atoms with Crippen LogP contribution in [0.25, 0.3) is 0 Å². The highest BCUT2D eigenvalue weighted by atomic mass is 79.9. The van der Waals surface area contributed by atoms with Gasteiger partial charge < -0.3 is 25.0 Å². The van der Waals surface area contributed by atoms with E-state index in [2.05, 4.69) is 57.2 Å². The Balaban J connectivity index is 2.55. The van der Waals surface area contributed by atoms with E-state index in [1.165, 1.54) is 6.42 Å². The zero-order valence-corrected chi connectivity index (χ0v) is 19.1. The van der Waals surface area contributed by atoms with Gasteiger partial charge >= 0.3 is 0 Å². The molecule has 0 aliphatic rings. The number of halogens is 1. The monoisotopic (exact) mass is 442 g/mol. The van der Waals surface area contributed by atoms with E-state index in [4.69, 9.17) is 9.47 Å². The Labute approximate surface area is 172 Å². The largest absolute Gasteiger partial charge is 0.493 e. The molecule has 0 amide bonds. The van der Waals surface area contributed by atoms with Gasteiger partial charge in [0.25, 0.3) is 0 Å². The van der Waals surface area contributed by atoms with E-state index in [9.17, 15) is 0 Å². The van der Waals surface area contributed by atoms with Gasteiger partial charge in [0.15, 0.2) is 17.5 Å². The fourth-order valence-electron chi connectivity index (χ4n) is 2.87. The van der Waals surface area contributed by atoms with Gasteiger partial charge in [-0.3, -0.25) is 4.99 Å². The van der Waals surface area contributed by atoms with Gasteiger partial charge in [0, 0.05) is 24.1 Å². The summed E-state index contributed by atoms with van der Waals surface area (Å²) < 4.78 is 11.7. The van der Waals surface area contributed by atoms with Crippen LogP contribution in [0, 0.1) is 0 Å². The Morgan fingerprint density at radius 1 is 1.19 bits per heavy atom.